The minimum absolute atomic E-state index is 0.0473. The van der Waals surface area contributed by atoms with Crippen LogP contribution in [0.5, 0.6) is 5.75 Å². The number of thiazole rings is 1. The molecular weight excluding hydrogens is 413 g/mol. The van der Waals surface area contributed by atoms with Gasteiger partial charge >= 0.3 is 6.03 Å². The third-order valence-corrected chi connectivity index (χ3v) is 9.32. The second-order valence-electron chi connectivity index (χ2n) is 9.70. The molecule has 0 saturated heterocycles. The SMILES string of the molecule is CC1C[C@]23Cc4ccc(O)cc4[C@]2(C)[C@@H](N(C)C(=O)Nc2nc4cc(F)ccc4s2)[C@H]13. The van der Waals surface area contributed by atoms with Gasteiger partial charge in [-0.25, -0.2) is 14.2 Å². The number of hydrogen-bond acceptors (Lipinski definition) is 4. The molecule has 160 valence electrons. The number of anilines is 1. The number of phenols is 1. The van der Waals surface area contributed by atoms with Gasteiger partial charge in [0.2, 0.25) is 0 Å². The fraction of sp³-hybridized carbons (Fsp3) is 0.417. The average Bonchev–Trinajstić information content (AvgIpc) is 3.21. The van der Waals surface area contributed by atoms with Crippen molar-refractivity contribution in [2.75, 3.05) is 12.4 Å². The van der Waals surface area contributed by atoms with E-state index < -0.39 is 0 Å². The largest absolute Gasteiger partial charge is 0.508 e. The summed E-state index contributed by atoms with van der Waals surface area (Å²) in [7, 11) is 1.86. The average molecular weight is 438 g/mol. The minimum atomic E-state index is -0.339. The van der Waals surface area contributed by atoms with Crippen LogP contribution in [0.15, 0.2) is 36.4 Å². The molecule has 3 aliphatic carbocycles. The number of aromatic hydroxyl groups is 1. The summed E-state index contributed by atoms with van der Waals surface area (Å²) in [6.45, 7) is 4.53. The summed E-state index contributed by atoms with van der Waals surface area (Å²) in [6, 6.07) is 10.0. The standard InChI is InChI=1S/C24H24FN3O2S/c1-12-10-24-11-13-4-6-15(29)9-16(13)23(24,2)20(19(12)24)28(3)22(30)27-21-26-17-8-14(25)5-7-18(17)31-21/h4-9,12,19-20,29H,10-11H2,1-3H3,(H,26,27,30)/t12?,19-,20-,23+,24+/m0/s1. The van der Waals surface area contributed by atoms with Gasteiger partial charge in [0.25, 0.3) is 0 Å². The van der Waals surface area contributed by atoms with E-state index in [0.717, 1.165) is 17.5 Å². The number of nitrogens with zero attached hydrogens (tertiary/aromatic N) is 2. The Morgan fingerprint density at radius 1 is 1.32 bits per heavy atom. The van der Waals surface area contributed by atoms with Crippen LogP contribution < -0.4 is 5.32 Å². The molecule has 7 heteroatoms. The fourth-order valence-corrected chi connectivity index (χ4v) is 8.02. The van der Waals surface area contributed by atoms with Crippen molar-refractivity contribution in [1.29, 1.82) is 0 Å². The number of amides is 2. The van der Waals surface area contributed by atoms with Crippen LogP contribution in [0.4, 0.5) is 14.3 Å². The van der Waals surface area contributed by atoms with E-state index in [1.165, 1.54) is 34.6 Å². The first-order valence-electron chi connectivity index (χ1n) is 10.7. The second kappa shape index (κ2) is 5.97. The number of carbonyl (C=O) groups excluding carboxylic acids is 1. The topological polar surface area (TPSA) is 65.5 Å². The fourth-order valence-electron chi connectivity index (χ4n) is 7.18. The number of carbonyl (C=O) groups is 1. The van der Waals surface area contributed by atoms with Gasteiger partial charge in [-0.2, -0.15) is 0 Å². The van der Waals surface area contributed by atoms with E-state index in [4.69, 9.17) is 0 Å². The molecule has 1 aromatic heterocycles. The molecule has 2 fully saturated rings. The van der Waals surface area contributed by atoms with Gasteiger partial charge in [0, 0.05) is 24.6 Å². The molecule has 0 bridgehead atoms. The van der Waals surface area contributed by atoms with E-state index in [1.54, 1.807) is 12.1 Å². The summed E-state index contributed by atoms with van der Waals surface area (Å²) in [5.41, 5.74) is 3.01. The lowest BCUT2D eigenvalue weighted by molar-refractivity contribution is -0.236. The molecule has 2 saturated carbocycles. The van der Waals surface area contributed by atoms with Crippen molar-refractivity contribution in [2.45, 2.75) is 38.1 Å². The van der Waals surface area contributed by atoms with Crippen LogP contribution in [0.3, 0.4) is 0 Å². The maximum atomic E-state index is 13.5. The normalized spacial score (nSPS) is 32.5. The number of aromatic nitrogens is 1. The van der Waals surface area contributed by atoms with Gasteiger partial charge in [0.15, 0.2) is 5.13 Å². The number of benzene rings is 2. The minimum Gasteiger partial charge on any atom is -0.508 e. The van der Waals surface area contributed by atoms with Crippen LogP contribution >= 0.6 is 11.3 Å². The van der Waals surface area contributed by atoms with Gasteiger partial charge in [-0.15, -0.1) is 0 Å². The zero-order valence-corrected chi connectivity index (χ0v) is 18.5. The van der Waals surface area contributed by atoms with Crippen molar-refractivity contribution in [1.82, 2.24) is 9.88 Å². The summed E-state index contributed by atoms with van der Waals surface area (Å²) in [4.78, 5) is 19.4. The van der Waals surface area contributed by atoms with Crippen molar-refractivity contribution in [3.8, 4) is 5.75 Å². The van der Waals surface area contributed by atoms with Gasteiger partial charge < -0.3 is 10.0 Å². The highest BCUT2D eigenvalue weighted by atomic mass is 32.1. The molecule has 0 radical (unpaired) electrons. The quantitative estimate of drug-likeness (QED) is 0.583. The molecule has 31 heavy (non-hydrogen) atoms. The molecule has 3 aromatic rings. The third kappa shape index (κ3) is 2.25. The van der Waals surface area contributed by atoms with E-state index in [1.807, 2.05) is 24.1 Å². The second-order valence-corrected chi connectivity index (χ2v) is 10.7. The molecule has 0 aliphatic heterocycles. The monoisotopic (exact) mass is 437 g/mol. The highest BCUT2D eigenvalue weighted by molar-refractivity contribution is 7.22. The molecule has 5 nitrogen and oxygen atoms in total. The Labute approximate surface area is 183 Å². The Morgan fingerprint density at radius 2 is 2.13 bits per heavy atom. The first kappa shape index (κ1) is 19.0. The molecule has 1 unspecified atom stereocenters. The van der Waals surface area contributed by atoms with Crippen LogP contribution in [0.25, 0.3) is 10.2 Å². The Balaban J connectivity index is 1.32. The predicted octanol–water partition coefficient (Wildman–Crippen LogP) is 5.14. The van der Waals surface area contributed by atoms with Crippen molar-refractivity contribution in [2.24, 2.45) is 17.3 Å². The van der Waals surface area contributed by atoms with Crippen LogP contribution in [0, 0.1) is 23.1 Å². The van der Waals surface area contributed by atoms with Gasteiger partial charge in [-0.05, 0) is 65.5 Å². The van der Waals surface area contributed by atoms with Gasteiger partial charge in [-0.1, -0.05) is 31.3 Å². The molecule has 2 amide bonds. The number of fused-ring (bicyclic) bond motifs is 3. The highest BCUT2D eigenvalue weighted by Gasteiger charge is 2.79. The Hall–Kier alpha value is -2.67. The van der Waals surface area contributed by atoms with Crippen molar-refractivity contribution in [3.63, 3.8) is 0 Å². The van der Waals surface area contributed by atoms with Gasteiger partial charge in [-0.3, -0.25) is 5.32 Å². The number of halogens is 1. The maximum Gasteiger partial charge on any atom is 0.323 e. The predicted molar refractivity (Wildman–Crippen MR) is 119 cm³/mol. The number of urea groups is 1. The van der Waals surface area contributed by atoms with E-state index >= 15 is 0 Å². The summed E-state index contributed by atoms with van der Waals surface area (Å²) >= 11 is 1.34. The van der Waals surface area contributed by atoms with E-state index in [0.29, 0.717) is 22.5 Å². The Morgan fingerprint density at radius 3 is 2.90 bits per heavy atom. The maximum absolute atomic E-state index is 13.5. The van der Waals surface area contributed by atoms with Crippen LogP contribution in [-0.4, -0.2) is 34.1 Å². The molecule has 6 rings (SSSR count). The van der Waals surface area contributed by atoms with Crippen molar-refractivity contribution in [3.05, 3.63) is 53.3 Å². The first-order valence-corrected chi connectivity index (χ1v) is 11.5. The third-order valence-electron chi connectivity index (χ3n) is 8.36. The molecule has 3 aliphatic rings. The van der Waals surface area contributed by atoms with E-state index in [-0.39, 0.29) is 34.5 Å². The van der Waals surface area contributed by atoms with E-state index in [9.17, 15) is 14.3 Å². The lowest BCUT2D eigenvalue weighted by Gasteiger charge is -2.76. The summed E-state index contributed by atoms with van der Waals surface area (Å²) < 4.78 is 14.3. The summed E-state index contributed by atoms with van der Waals surface area (Å²) in [6.07, 6.45) is 2.17. The first-order chi connectivity index (χ1) is 14.7. The van der Waals surface area contributed by atoms with Gasteiger partial charge in [0.05, 0.1) is 10.2 Å². The lowest BCUT2D eigenvalue weighted by atomic mass is 9.30. The molecule has 1 spiro atoms. The molecule has 2 N–H and O–H groups in total. The van der Waals surface area contributed by atoms with Gasteiger partial charge in [0.1, 0.15) is 11.6 Å². The molecular formula is C24H24FN3O2S. The smallest absolute Gasteiger partial charge is 0.323 e. The zero-order valence-electron chi connectivity index (χ0n) is 17.6. The van der Waals surface area contributed by atoms with Crippen LogP contribution in [-0.2, 0) is 11.8 Å². The number of phenolic OH excluding ortho intramolecular Hbond substituents is 1. The Bertz CT molecular complexity index is 1260. The number of rotatable bonds is 2. The van der Waals surface area contributed by atoms with Crippen molar-refractivity contribution < 1.29 is 14.3 Å². The summed E-state index contributed by atoms with van der Waals surface area (Å²) in [5, 5.41) is 13.5. The number of hydrogen-bond donors (Lipinski definition) is 2. The number of likely N-dealkylation sites (N-methyl/N-ethyl adjacent to an activating group) is 1. The number of nitrogens with one attached hydrogen (secondary N) is 1. The lowest BCUT2D eigenvalue weighted by Crippen LogP contribution is -2.80. The molecule has 2 aromatic carbocycles. The zero-order chi connectivity index (χ0) is 21.7. The van der Waals surface area contributed by atoms with Crippen molar-refractivity contribution >= 4 is 32.7 Å². The van der Waals surface area contributed by atoms with Crippen LogP contribution in [0.1, 0.15) is 31.4 Å². The Kier molecular flexibility index (Phi) is 3.67. The summed E-state index contributed by atoms with van der Waals surface area (Å²) in [5.74, 6) is 0.933. The van der Waals surface area contributed by atoms with Crippen LogP contribution in [0.2, 0.25) is 0 Å². The highest BCUT2D eigenvalue weighted by Crippen LogP contribution is 2.79. The molecule has 1 heterocycles. The van der Waals surface area contributed by atoms with E-state index in [2.05, 4.69) is 24.1 Å². The molecule has 5 atom stereocenters.